The molecule has 1 aliphatic heterocycles. The van der Waals surface area contributed by atoms with Gasteiger partial charge in [0.15, 0.2) is 5.96 Å². The monoisotopic (exact) mass is 430 g/mol. The number of hydrogen-bond donors (Lipinski definition) is 2. The summed E-state index contributed by atoms with van der Waals surface area (Å²) in [5.41, 5.74) is 2.71. The van der Waals surface area contributed by atoms with E-state index >= 15 is 0 Å². The predicted molar refractivity (Wildman–Crippen MR) is 109 cm³/mol. The van der Waals surface area contributed by atoms with E-state index in [1.54, 1.807) is 0 Å². The fraction of sp³-hybridized carbons (Fsp3) is 0.611. The van der Waals surface area contributed by atoms with E-state index in [9.17, 15) is 0 Å². The van der Waals surface area contributed by atoms with E-state index in [0.717, 1.165) is 32.0 Å². The molecule has 1 aliphatic rings. The maximum absolute atomic E-state index is 4.22. The van der Waals surface area contributed by atoms with Crippen LogP contribution in [0.1, 0.15) is 43.7 Å². The van der Waals surface area contributed by atoms with E-state index in [1.165, 1.54) is 43.5 Å². The van der Waals surface area contributed by atoms with Crippen molar-refractivity contribution in [3.8, 4) is 0 Å². The summed E-state index contributed by atoms with van der Waals surface area (Å²) < 4.78 is 0. The van der Waals surface area contributed by atoms with Crippen molar-refractivity contribution >= 4 is 29.9 Å². The SMILES string of the molecule is CCCNC(=NC)NCc1ccc(CN2CCCCC2)cc1.I. The number of benzene rings is 1. The van der Waals surface area contributed by atoms with Crippen molar-refractivity contribution in [1.29, 1.82) is 0 Å². The van der Waals surface area contributed by atoms with E-state index in [2.05, 4.69) is 51.7 Å². The van der Waals surface area contributed by atoms with Gasteiger partial charge in [0.25, 0.3) is 0 Å². The zero-order chi connectivity index (χ0) is 15.6. The Balaban J connectivity index is 0.00000264. The minimum atomic E-state index is 0. The number of likely N-dealkylation sites (tertiary alicyclic amines) is 1. The van der Waals surface area contributed by atoms with Gasteiger partial charge in [0, 0.05) is 26.7 Å². The van der Waals surface area contributed by atoms with Crippen LogP contribution in [-0.4, -0.2) is 37.5 Å². The molecule has 0 unspecified atom stereocenters. The zero-order valence-corrected chi connectivity index (χ0v) is 16.8. The summed E-state index contributed by atoms with van der Waals surface area (Å²) in [6, 6.07) is 8.96. The highest BCUT2D eigenvalue weighted by molar-refractivity contribution is 14.0. The van der Waals surface area contributed by atoms with Gasteiger partial charge in [-0.1, -0.05) is 37.6 Å². The van der Waals surface area contributed by atoms with Crippen molar-refractivity contribution in [1.82, 2.24) is 15.5 Å². The normalized spacial score (nSPS) is 15.8. The lowest BCUT2D eigenvalue weighted by Gasteiger charge is -2.26. The maximum Gasteiger partial charge on any atom is 0.191 e. The summed E-state index contributed by atoms with van der Waals surface area (Å²) in [4.78, 5) is 6.79. The Morgan fingerprint density at radius 2 is 1.70 bits per heavy atom. The number of nitrogens with one attached hydrogen (secondary N) is 2. The van der Waals surface area contributed by atoms with Gasteiger partial charge in [0.1, 0.15) is 0 Å². The third-order valence-electron chi connectivity index (χ3n) is 4.10. The Hall–Kier alpha value is -0.820. The van der Waals surface area contributed by atoms with E-state index in [4.69, 9.17) is 0 Å². The second-order valence-corrected chi connectivity index (χ2v) is 6.01. The molecule has 1 aromatic rings. The molecule has 0 bridgehead atoms. The van der Waals surface area contributed by atoms with Crippen molar-refractivity contribution in [2.24, 2.45) is 4.99 Å². The number of guanidine groups is 1. The molecular weight excluding hydrogens is 399 g/mol. The van der Waals surface area contributed by atoms with Crippen molar-refractivity contribution in [2.45, 2.75) is 45.7 Å². The summed E-state index contributed by atoms with van der Waals surface area (Å²) in [5.74, 6) is 0.874. The highest BCUT2D eigenvalue weighted by Gasteiger charge is 2.10. The molecular formula is C18H31IN4. The van der Waals surface area contributed by atoms with Crippen LogP contribution in [0, 0.1) is 0 Å². The highest BCUT2D eigenvalue weighted by Crippen LogP contribution is 2.13. The summed E-state index contributed by atoms with van der Waals surface area (Å²) in [6.45, 7) is 7.52. The molecule has 1 heterocycles. The smallest absolute Gasteiger partial charge is 0.191 e. The molecule has 0 aliphatic carbocycles. The van der Waals surface area contributed by atoms with Gasteiger partial charge in [-0.2, -0.15) is 0 Å². The number of nitrogens with zero attached hydrogens (tertiary/aromatic N) is 2. The average molecular weight is 430 g/mol. The Morgan fingerprint density at radius 3 is 2.30 bits per heavy atom. The van der Waals surface area contributed by atoms with Gasteiger partial charge in [0.2, 0.25) is 0 Å². The lowest BCUT2D eigenvalue weighted by molar-refractivity contribution is 0.221. The summed E-state index contributed by atoms with van der Waals surface area (Å²) in [5, 5.41) is 6.64. The Kier molecular flexibility index (Phi) is 10.3. The van der Waals surface area contributed by atoms with Crippen LogP contribution < -0.4 is 10.6 Å². The molecule has 2 rings (SSSR count). The predicted octanol–water partition coefficient (Wildman–Crippen LogP) is 3.37. The zero-order valence-electron chi connectivity index (χ0n) is 14.5. The van der Waals surface area contributed by atoms with Crippen LogP contribution in [0.5, 0.6) is 0 Å². The summed E-state index contributed by atoms with van der Waals surface area (Å²) in [6.07, 6.45) is 5.21. The standard InChI is InChI=1S/C18H30N4.HI/c1-3-11-20-18(19-2)21-14-16-7-9-17(10-8-16)15-22-12-5-4-6-13-22;/h7-10H,3-6,11-15H2,1-2H3,(H2,19,20,21);1H. The largest absolute Gasteiger partial charge is 0.356 e. The fourth-order valence-corrected chi connectivity index (χ4v) is 2.79. The maximum atomic E-state index is 4.22. The molecule has 1 fully saturated rings. The molecule has 2 N–H and O–H groups in total. The molecule has 0 aromatic heterocycles. The molecule has 130 valence electrons. The average Bonchev–Trinajstić information content (AvgIpc) is 2.57. The highest BCUT2D eigenvalue weighted by atomic mass is 127. The van der Waals surface area contributed by atoms with Crippen molar-refractivity contribution in [3.05, 3.63) is 35.4 Å². The first-order valence-corrected chi connectivity index (χ1v) is 8.56. The van der Waals surface area contributed by atoms with Gasteiger partial charge in [0.05, 0.1) is 0 Å². The lowest BCUT2D eigenvalue weighted by Crippen LogP contribution is -2.37. The van der Waals surface area contributed by atoms with Crippen LogP contribution >= 0.6 is 24.0 Å². The fourth-order valence-electron chi connectivity index (χ4n) is 2.79. The second-order valence-electron chi connectivity index (χ2n) is 6.01. The molecule has 0 spiro atoms. The molecule has 5 heteroatoms. The molecule has 0 radical (unpaired) electrons. The minimum absolute atomic E-state index is 0. The molecule has 0 amide bonds. The second kappa shape index (κ2) is 11.7. The molecule has 4 nitrogen and oxygen atoms in total. The van der Waals surface area contributed by atoms with Gasteiger partial charge in [-0.25, -0.2) is 0 Å². The number of rotatable bonds is 6. The first-order valence-electron chi connectivity index (χ1n) is 8.56. The van der Waals surface area contributed by atoms with Crippen LogP contribution in [-0.2, 0) is 13.1 Å². The van der Waals surface area contributed by atoms with Crippen LogP contribution in [0.25, 0.3) is 0 Å². The minimum Gasteiger partial charge on any atom is -0.356 e. The van der Waals surface area contributed by atoms with Gasteiger partial charge in [-0.15, -0.1) is 24.0 Å². The molecule has 1 saturated heterocycles. The molecule has 23 heavy (non-hydrogen) atoms. The van der Waals surface area contributed by atoms with Gasteiger partial charge in [-0.3, -0.25) is 9.89 Å². The molecule has 0 atom stereocenters. The Labute approximate surface area is 158 Å². The first-order chi connectivity index (χ1) is 10.8. The first kappa shape index (κ1) is 20.2. The van der Waals surface area contributed by atoms with E-state index in [-0.39, 0.29) is 24.0 Å². The number of aliphatic imine (C=N–C) groups is 1. The van der Waals surface area contributed by atoms with Crippen molar-refractivity contribution < 1.29 is 0 Å². The van der Waals surface area contributed by atoms with E-state index < -0.39 is 0 Å². The third-order valence-corrected chi connectivity index (χ3v) is 4.10. The topological polar surface area (TPSA) is 39.7 Å². The lowest BCUT2D eigenvalue weighted by atomic mass is 10.1. The molecule has 1 aromatic carbocycles. The summed E-state index contributed by atoms with van der Waals surface area (Å²) in [7, 11) is 1.81. The quantitative estimate of drug-likeness (QED) is 0.413. The van der Waals surface area contributed by atoms with Crippen molar-refractivity contribution in [3.63, 3.8) is 0 Å². The van der Waals surface area contributed by atoms with Crippen LogP contribution in [0.3, 0.4) is 0 Å². The van der Waals surface area contributed by atoms with Gasteiger partial charge < -0.3 is 10.6 Å². The Bertz CT molecular complexity index is 453. The van der Waals surface area contributed by atoms with E-state index in [1.807, 2.05) is 7.05 Å². The number of hydrogen-bond acceptors (Lipinski definition) is 2. The number of piperidine rings is 1. The third kappa shape index (κ3) is 7.52. The van der Waals surface area contributed by atoms with E-state index in [0.29, 0.717) is 0 Å². The van der Waals surface area contributed by atoms with Gasteiger partial charge >= 0.3 is 0 Å². The van der Waals surface area contributed by atoms with Gasteiger partial charge in [-0.05, 0) is 43.5 Å². The van der Waals surface area contributed by atoms with Crippen LogP contribution in [0.15, 0.2) is 29.3 Å². The Morgan fingerprint density at radius 1 is 1.04 bits per heavy atom. The van der Waals surface area contributed by atoms with Crippen LogP contribution in [0.2, 0.25) is 0 Å². The van der Waals surface area contributed by atoms with Crippen LogP contribution in [0.4, 0.5) is 0 Å². The summed E-state index contributed by atoms with van der Waals surface area (Å²) >= 11 is 0. The van der Waals surface area contributed by atoms with Crippen molar-refractivity contribution in [2.75, 3.05) is 26.7 Å². The molecule has 0 saturated carbocycles. The number of halogens is 1.